The van der Waals surface area contributed by atoms with E-state index in [0.717, 1.165) is 17.5 Å². The molecular weight excluding hydrogens is 224 g/mol. The van der Waals surface area contributed by atoms with Gasteiger partial charge in [0.25, 0.3) is 0 Å². The topological polar surface area (TPSA) is 40.5 Å². The van der Waals surface area contributed by atoms with Crippen molar-refractivity contribution in [3.8, 4) is 5.75 Å². The van der Waals surface area contributed by atoms with E-state index in [1.54, 1.807) is 0 Å². The van der Waals surface area contributed by atoms with Crippen LogP contribution in [0.3, 0.4) is 0 Å². The third-order valence-electron chi connectivity index (χ3n) is 3.55. The van der Waals surface area contributed by atoms with Crippen LogP contribution in [0.15, 0.2) is 18.2 Å². The second kappa shape index (κ2) is 5.75. The summed E-state index contributed by atoms with van der Waals surface area (Å²) >= 11 is 0. The Labute approximate surface area is 111 Å². The lowest BCUT2D eigenvalue weighted by atomic mass is 9.84. The van der Waals surface area contributed by atoms with Crippen molar-refractivity contribution in [2.45, 2.75) is 46.5 Å². The summed E-state index contributed by atoms with van der Waals surface area (Å²) in [7, 11) is 0. The number of rotatable bonds is 4. The van der Waals surface area contributed by atoms with Gasteiger partial charge in [-0.1, -0.05) is 46.8 Å². The summed E-state index contributed by atoms with van der Waals surface area (Å²) in [5.41, 5.74) is 2.02. The molecule has 0 bridgehead atoms. The molecular formula is C16H26O2. The van der Waals surface area contributed by atoms with Gasteiger partial charge in [0.15, 0.2) is 0 Å². The van der Waals surface area contributed by atoms with E-state index in [1.165, 1.54) is 0 Å². The minimum Gasteiger partial charge on any atom is -0.508 e. The zero-order chi connectivity index (χ0) is 13.9. The molecule has 0 saturated carbocycles. The molecule has 0 saturated heterocycles. The molecule has 102 valence electrons. The first-order chi connectivity index (χ1) is 8.25. The molecule has 1 aromatic rings. The van der Waals surface area contributed by atoms with Gasteiger partial charge in [0.05, 0.1) is 0 Å². The molecule has 0 aliphatic carbocycles. The minimum atomic E-state index is -0.0446. The Morgan fingerprint density at radius 3 is 2.17 bits per heavy atom. The van der Waals surface area contributed by atoms with Gasteiger partial charge in [0.2, 0.25) is 0 Å². The van der Waals surface area contributed by atoms with Gasteiger partial charge in [0, 0.05) is 6.61 Å². The van der Waals surface area contributed by atoms with E-state index in [0.29, 0.717) is 11.7 Å². The number of hydrogen-bond donors (Lipinski definition) is 2. The second-order valence-electron chi connectivity index (χ2n) is 6.49. The quantitative estimate of drug-likeness (QED) is 0.858. The zero-order valence-electron chi connectivity index (χ0n) is 12.2. The summed E-state index contributed by atoms with van der Waals surface area (Å²) in [6.07, 6.45) is 0.812. The van der Waals surface area contributed by atoms with Gasteiger partial charge >= 0.3 is 0 Å². The summed E-state index contributed by atoms with van der Waals surface area (Å²) in [5, 5.41) is 19.4. The maximum atomic E-state index is 10.1. The molecule has 0 aromatic heterocycles. The van der Waals surface area contributed by atoms with Crippen LogP contribution in [-0.2, 0) is 11.8 Å². The number of aliphatic hydroxyl groups is 1. The van der Waals surface area contributed by atoms with E-state index in [-0.39, 0.29) is 17.9 Å². The van der Waals surface area contributed by atoms with Crippen molar-refractivity contribution in [1.29, 1.82) is 0 Å². The van der Waals surface area contributed by atoms with Gasteiger partial charge in [-0.05, 0) is 40.9 Å². The maximum Gasteiger partial charge on any atom is 0.119 e. The van der Waals surface area contributed by atoms with Gasteiger partial charge in [-0.15, -0.1) is 0 Å². The number of aliphatic hydroxyl groups excluding tert-OH is 1. The molecule has 0 radical (unpaired) electrons. The molecule has 1 rings (SSSR count). The molecule has 2 N–H and O–H groups in total. The van der Waals surface area contributed by atoms with Gasteiger partial charge in [-0.3, -0.25) is 0 Å². The lowest BCUT2D eigenvalue weighted by Gasteiger charge is -2.22. The van der Waals surface area contributed by atoms with Crippen LogP contribution >= 0.6 is 0 Å². The van der Waals surface area contributed by atoms with Gasteiger partial charge in [0.1, 0.15) is 5.75 Å². The summed E-state index contributed by atoms with van der Waals surface area (Å²) < 4.78 is 0. The Morgan fingerprint density at radius 1 is 1.17 bits per heavy atom. The fourth-order valence-corrected chi connectivity index (χ4v) is 2.15. The van der Waals surface area contributed by atoms with E-state index in [4.69, 9.17) is 0 Å². The fraction of sp³-hybridized carbons (Fsp3) is 0.625. The van der Waals surface area contributed by atoms with Gasteiger partial charge < -0.3 is 10.2 Å². The molecule has 0 aliphatic rings. The molecule has 2 nitrogen and oxygen atoms in total. The second-order valence-corrected chi connectivity index (χ2v) is 6.49. The fourth-order valence-electron chi connectivity index (χ4n) is 2.15. The smallest absolute Gasteiger partial charge is 0.119 e. The predicted octanol–water partition coefficient (Wildman–Crippen LogP) is 3.50. The molecule has 0 amide bonds. The largest absolute Gasteiger partial charge is 0.508 e. The van der Waals surface area contributed by atoms with E-state index in [1.807, 2.05) is 12.1 Å². The molecule has 0 fully saturated rings. The van der Waals surface area contributed by atoms with Crippen molar-refractivity contribution in [2.24, 2.45) is 11.8 Å². The molecule has 18 heavy (non-hydrogen) atoms. The van der Waals surface area contributed by atoms with Crippen molar-refractivity contribution >= 4 is 0 Å². The Balaban J connectivity index is 2.91. The lowest BCUT2D eigenvalue weighted by Crippen LogP contribution is -2.16. The SMILES string of the molecule is CC(C)C(CO)Cc1ccc(C(C)(C)C)c(O)c1. The molecule has 2 heteroatoms. The highest BCUT2D eigenvalue weighted by Crippen LogP contribution is 2.32. The number of hydrogen-bond acceptors (Lipinski definition) is 2. The highest BCUT2D eigenvalue weighted by Gasteiger charge is 2.19. The van der Waals surface area contributed by atoms with Gasteiger partial charge in [-0.2, -0.15) is 0 Å². The average molecular weight is 250 g/mol. The first-order valence-electron chi connectivity index (χ1n) is 6.69. The average Bonchev–Trinajstić information content (AvgIpc) is 2.23. The van der Waals surface area contributed by atoms with Crippen molar-refractivity contribution in [2.75, 3.05) is 6.61 Å². The third kappa shape index (κ3) is 3.74. The molecule has 0 aliphatic heterocycles. The third-order valence-corrected chi connectivity index (χ3v) is 3.55. The van der Waals surface area contributed by atoms with Gasteiger partial charge in [-0.25, -0.2) is 0 Å². The normalized spacial score (nSPS) is 13.9. The molecule has 1 aromatic carbocycles. The Kier molecular flexibility index (Phi) is 4.80. The van der Waals surface area contributed by atoms with E-state index in [2.05, 4.69) is 40.7 Å². The van der Waals surface area contributed by atoms with E-state index in [9.17, 15) is 10.2 Å². The van der Waals surface area contributed by atoms with Crippen LogP contribution < -0.4 is 0 Å². The molecule has 0 heterocycles. The van der Waals surface area contributed by atoms with Crippen molar-refractivity contribution in [3.05, 3.63) is 29.3 Å². The van der Waals surface area contributed by atoms with Crippen LogP contribution in [0.4, 0.5) is 0 Å². The number of benzene rings is 1. The molecule has 1 unspecified atom stereocenters. The van der Waals surface area contributed by atoms with Crippen LogP contribution in [0.5, 0.6) is 5.75 Å². The molecule has 0 spiro atoms. The summed E-state index contributed by atoms with van der Waals surface area (Å²) in [5.74, 6) is 1.06. The minimum absolute atomic E-state index is 0.0446. The van der Waals surface area contributed by atoms with E-state index >= 15 is 0 Å². The van der Waals surface area contributed by atoms with E-state index < -0.39 is 0 Å². The summed E-state index contributed by atoms with van der Waals surface area (Å²) in [6.45, 7) is 10.7. The Bertz CT molecular complexity index is 389. The van der Waals surface area contributed by atoms with Crippen LogP contribution in [0.1, 0.15) is 45.7 Å². The Hall–Kier alpha value is -1.02. The van der Waals surface area contributed by atoms with Crippen LogP contribution in [0.25, 0.3) is 0 Å². The number of phenolic OH excluding ortho intramolecular Hbond substituents is 1. The first kappa shape index (κ1) is 15.0. The van der Waals surface area contributed by atoms with Crippen LogP contribution in [0.2, 0.25) is 0 Å². The molecule has 1 atom stereocenters. The predicted molar refractivity (Wildman–Crippen MR) is 75.9 cm³/mol. The Morgan fingerprint density at radius 2 is 1.78 bits per heavy atom. The highest BCUT2D eigenvalue weighted by molar-refractivity contribution is 5.40. The standard InChI is InChI=1S/C16H26O2/c1-11(2)13(10-17)8-12-6-7-14(15(18)9-12)16(3,4)5/h6-7,9,11,13,17-18H,8,10H2,1-5H3. The summed E-state index contributed by atoms with van der Waals surface area (Å²) in [4.78, 5) is 0. The lowest BCUT2D eigenvalue weighted by molar-refractivity contribution is 0.189. The van der Waals surface area contributed by atoms with Crippen LogP contribution in [0, 0.1) is 11.8 Å². The monoisotopic (exact) mass is 250 g/mol. The first-order valence-corrected chi connectivity index (χ1v) is 6.69. The maximum absolute atomic E-state index is 10.1. The number of phenols is 1. The number of aromatic hydroxyl groups is 1. The van der Waals surface area contributed by atoms with Crippen molar-refractivity contribution in [1.82, 2.24) is 0 Å². The highest BCUT2D eigenvalue weighted by atomic mass is 16.3. The van der Waals surface area contributed by atoms with Crippen LogP contribution in [-0.4, -0.2) is 16.8 Å². The zero-order valence-corrected chi connectivity index (χ0v) is 12.2. The summed E-state index contributed by atoms with van der Waals surface area (Å²) in [6, 6.07) is 5.90. The van der Waals surface area contributed by atoms with Crippen molar-refractivity contribution in [3.63, 3.8) is 0 Å². The van der Waals surface area contributed by atoms with Crippen molar-refractivity contribution < 1.29 is 10.2 Å².